The normalized spacial score (nSPS) is 11.3. The largest absolute Gasteiger partial charge is 0.385 e. The van der Waals surface area contributed by atoms with E-state index in [0.29, 0.717) is 31.1 Å². The number of nitrogens with one attached hydrogen (secondary N) is 2. The quantitative estimate of drug-likeness (QED) is 0.398. The molecular weight excluding hydrogens is 454 g/mol. The molecule has 0 saturated heterocycles. The molecule has 0 atom stereocenters. The number of aromatic nitrogens is 2. The highest BCUT2D eigenvalue weighted by Gasteiger charge is 2.23. The number of nitrogens with zero attached hydrogens (tertiary/aromatic N) is 3. The van der Waals surface area contributed by atoms with Crippen molar-refractivity contribution in [3.63, 3.8) is 0 Å². The van der Waals surface area contributed by atoms with E-state index in [9.17, 15) is 9.59 Å². The van der Waals surface area contributed by atoms with Crippen molar-refractivity contribution in [3.8, 4) is 5.69 Å². The van der Waals surface area contributed by atoms with Crippen LogP contribution < -0.4 is 10.6 Å². The van der Waals surface area contributed by atoms with Gasteiger partial charge in [0.25, 0.3) is 0 Å². The van der Waals surface area contributed by atoms with Gasteiger partial charge in [-0.25, -0.2) is 9.48 Å². The number of hydrogen-bond donors (Lipinski definition) is 2. The van der Waals surface area contributed by atoms with Gasteiger partial charge in [0.15, 0.2) is 0 Å². The Labute approximate surface area is 213 Å². The summed E-state index contributed by atoms with van der Waals surface area (Å²) in [6.45, 7) is 10.9. The van der Waals surface area contributed by atoms with E-state index in [4.69, 9.17) is 9.84 Å². The lowest BCUT2D eigenvalue weighted by Gasteiger charge is -2.23. The van der Waals surface area contributed by atoms with E-state index in [2.05, 4.69) is 31.4 Å². The Morgan fingerprint density at radius 2 is 1.67 bits per heavy atom. The van der Waals surface area contributed by atoms with Crippen LogP contribution in [0.1, 0.15) is 44.0 Å². The number of ether oxygens (including phenoxy) is 1. The van der Waals surface area contributed by atoms with Gasteiger partial charge >= 0.3 is 6.03 Å². The highest BCUT2D eigenvalue weighted by molar-refractivity contribution is 5.97. The minimum atomic E-state index is -0.335. The number of carbonyl (C=O) groups is 2. The zero-order valence-electron chi connectivity index (χ0n) is 22.1. The third-order valence-corrected chi connectivity index (χ3v) is 5.87. The number of hydrogen-bond acceptors (Lipinski definition) is 4. The summed E-state index contributed by atoms with van der Waals surface area (Å²) in [5.74, 6) is 0.262. The fourth-order valence-electron chi connectivity index (χ4n) is 3.74. The standard InChI is InChI=1S/C28H37N5O3/c1-20-12-7-9-14-22(20)29-27(35)32(16-11-17-36-6)19-26(34)30-25-18-24(28(3,4)5)31-33(25)23-15-10-8-13-21(23)2/h7-10,12-15,18H,11,16-17,19H2,1-6H3,(H,29,35)(H,30,34). The summed E-state index contributed by atoms with van der Waals surface area (Å²) in [5.41, 5.74) is 4.24. The first-order chi connectivity index (χ1) is 17.1. The first-order valence-electron chi connectivity index (χ1n) is 12.2. The topological polar surface area (TPSA) is 88.5 Å². The number of para-hydroxylation sites is 2. The summed E-state index contributed by atoms with van der Waals surface area (Å²) in [5, 5.41) is 10.7. The summed E-state index contributed by atoms with van der Waals surface area (Å²) in [6.07, 6.45) is 0.611. The second-order valence-electron chi connectivity index (χ2n) is 9.92. The van der Waals surface area contributed by atoms with Gasteiger partial charge < -0.3 is 20.3 Å². The van der Waals surface area contributed by atoms with E-state index in [1.165, 1.54) is 4.90 Å². The van der Waals surface area contributed by atoms with Crippen molar-refractivity contribution in [2.75, 3.05) is 37.4 Å². The zero-order valence-corrected chi connectivity index (χ0v) is 22.1. The molecule has 0 saturated carbocycles. The van der Waals surface area contributed by atoms with Crippen LogP contribution in [0.15, 0.2) is 54.6 Å². The van der Waals surface area contributed by atoms with Crippen LogP contribution in [0.3, 0.4) is 0 Å². The van der Waals surface area contributed by atoms with Gasteiger partial charge in [0, 0.05) is 37.4 Å². The molecule has 0 aliphatic carbocycles. The van der Waals surface area contributed by atoms with Gasteiger partial charge in [-0.05, 0) is 43.5 Å². The van der Waals surface area contributed by atoms with Gasteiger partial charge in [-0.3, -0.25) is 4.79 Å². The molecule has 1 heterocycles. The van der Waals surface area contributed by atoms with Crippen molar-refractivity contribution < 1.29 is 14.3 Å². The predicted molar refractivity (Wildman–Crippen MR) is 144 cm³/mol. The molecule has 36 heavy (non-hydrogen) atoms. The molecule has 8 nitrogen and oxygen atoms in total. The highest BCUT2D eigenvalue weighted by atomic mass is 16.5. The van der Waals surface area contributed by atoms with Gasteiger partial charge in [-0.15, -0.1) is 0 Å². The van der Waals surface area contributed by atoms with Crippen molar-refractivity contribution in [2.24, 2.45) is 0 Å². The minimum Gasteiger partial charge on any atom is -0.385 e. The fraction of sp³-hybridized carbons (Fsp3) is 0.393. The Balaban J connectivity index is 1.82. The van der Waals surface area contributed by atoms with E-state index in [1.54, 1.807) is 11.8 Å². The Morgan fingerprint density at radius 1 is 1.00 bits per heavy atom. The van der Waals surface area contributed by atoms with Crippen molar-refractivity contribution >= 4 is 23.4 Å². The molecule has 0 aliphatic heterocycles. The summed E-state index contributed by atoms with van der Waals surface area (Å²) < 4.78 is 6.91. The summed E-state index contributed by atoms with van der Waals surface area (Å²) >= 11 is 0. The van der Waals surface area contributed by atoms with E-state index in [-0.39, 0.29) is 23.9 Å². The average molecular weight is 492 g/mol. The van der Waals surface area contributed by atoms with Crippen molar-refractivity contribution in [3.05, 3.63) is 71.4 Å². The molecule has 0 aliphatic rings. The molecule has 2 aromatic carbocycles. The monoisotopic (exact) mass is 491 g/mol. The van der Waals surface area contributed by atoms with Crippen LogP contribution in [0, 0.1) is 13.8 Å². The lowest BCUT2D eigenvalue weighted by atomic mass is 9.92. The molecule has 1 aromatic heterocycles. The Kier molecular flexibility index (Phi) is 8.88. The summed E-state index contributed by atoms with van der Waals surface area (Å²) in [4.78, 5) is 27.8. The molecular formula is C28H37N5O3. The number of urea groups is 1. The lowest BCUT2D eigenvalue weighted by molar-refractivity contribution is -0.116. The Morgan fingerprint density at radius 3 is 2.31 bits per heavy atom. The first-order valence-corrected chi connectivity index (χ1v) is 12.2. The number of carbonyl (C=O) groups excluding carboxylic acids is 2. The molecule has 192 valence electrons. The molecule has 3 amide bonds. The van der Waals surface area contributed by atoms with E-state index < -0.39 is 0 Å². The van der Waals surface area contributed by atoms with Gasteiger partial charge in [0.1, 0.15) is 12.4 Å². The summed E-state index contributed by atoms with van der Waals surface area (Å²) in [6, 6.07) is 17.0. The van der Waals surface area contributed by atoms with Gasteiger partial charge in [0.05, 0.1) is 11.4 Å². The SMILES string of the molecule is COCCCN(CC(=O)Nc1cc(C(C)(C)C)nn1-c1ccccc1C)C(=O)Nc1ccccc1C. The molecule has 0 spiro atoms. The molecule has 0 bridgehead atoms. The third-order valence-electron chi connectivity index (χ3n) is 5.87. The van der Waals surface area contributed by atoms with Gasteiger partial charge in [-0.2, -0.15) is 5.10 Å². The van der Waals surface area contributed by atoms with Crippen LogP contribution >= 0.6 is 0 Å². The molecule has 0 fully saturated rings. The Hall–Kier alpha value is -3.65. The van der Waals surface area contributed by atoms with E-state index >= 15 is 0 Å². The van der Waals surface area contributed by atoms with E-state index in [1.807, 2.05) is 68.4 Å². The zero-order chi connectivity index (χ0) is 26.3. The van der Waals surface area contributed by atoms with Crippen molar-refractivity contribution in [1.82, 2.24) is 14.7 Å². The van der Waals surface area contributed by atoms with Crippen LogP contribution in [-0.2, 0) is 14.9 Å². The number of benzene rings is 2. The van der Waals surface area contributed by atoms with Crippen molar-refractivity contribution in [2.45, 2.75) is 46.5 Å². The number of aryl methyl sites for hydroxylation is 2. The maximum Gasteiger partial charge on any atom is 0.322 e. The molecule has 8 heteroatoms. The van der Waals surface area contributed by atoms with Gasteiger partial charge in [-0.1, -0.05) is 57.2 Å². The maximum atomic E-state index is 13.2. The van der Waals surface area contributed by atoms with E-state index in [0.717, 1.165) is 22.5 Å². The van der Waals surface area contributed by atoms with Crippen LogP contribution in [0.4, 0.5) is 16.3 Å². The second kappa shape index (κ2) is 11.9. The van der Waals surface area contributed by atoms with Gasteiger partial charge in [0.2, 0.25) is 5.91 Å². The smallest absolute Gasteiger partial charge is 0.322 e. The first kappa shape index (κ1) is 26.9. The summed E-state index contributed by atoms with van der Waals surface area (Å²) in [7, 11) is 1.62. The molecule has 0 radical (unpaired) electrons. The molecule has 3 rings (SSSR count). The lowest BCUT2D eigenvalue weighted by Crippen LogP contribution is -2.41. The average Bonchev–Trinajstić information content (AvgIpc) is 3.24. The molecule has 2 N–H and O–H groups in total. The number of amides is 3. The van der Waals surface area contributed by atoms with Crippen LogP contribution in [0.5, 0.6) is 0 Å². The predicted octanol–water partition coefficient (Wildman–Crippen LogP) is 5.30. The van der Waals surface area contributed by atoms with Crippen LogP contribution in [0.25, 0.3) is 5.69 Å². The molecule has 3 aromatic rings. The third kappa shape index (κ3) is 6.95. The highest BCUT2D eigenvalue weighted by Crippen LogP contribution is 2.27. The Bertz CT molecular complexity index is 1200. The maximum absolute atomic E-state index is 13.2. The van der Waals surface area contributed by atoms with Crippen molar-refractivity contribution in [1.29, 1.82) is 0 Å². The molecule has 0 unspecified atom stereocenters. The van der Waals surface area contributed by atoms with Crippen LogP contribution in [0.2, 0.25) is 0 Å². The number of rotatable bonds is 9. The fourth-order valence-corrected chi connectivity index (χ4v) is 3.74. The minimum absolute atomic E-state index is 0.106. The second-order valence-corrected chi connectivity index (χ2v) is 9.92. The number of anilines is 2. The van der Waals surface area contributed by atoms with Crippen LogP contribution in [-0.4, -0.2) is 53.4 Å². The number of methoxy groups -OCH3 is 1.